The molecule has 0 aromatic heterocycles. The second-order valence-corrected chi connectivity index (χ2v) is 4.79. The lowest BCUT2D eigenvalue weighted by Gasteiger charge is -2.27. The molecule has 102 valence electrons. The van der Waals surface area contributed by atoms with Crippen LogP contribution in [-0.2, 0) is 4.74 Å². The van der Waals surface area contributed by atoms with Crippen LogP contribution in [-0.4, -0.2) is 33.4 Å². The highest BCUT2D eigenvalue weighted by molar-refractivity contribution is 5.48. The Labute approximate surface area is 111 Å². The number of anilines is 1. The Hall–Kier alpha value is -1.06. The number of nitrogens with one attached hydrogen (secondary N) is 1. The van der Waals surface area contributed by atoms with Crippen LogP contribution in [0, 0.1) is 0 Å². The summed E-state index contributed by atoms with van der Waals surface area (Å²) in [6.07, 6.45) is 0. The fraction of sp³-hybridized carbons (Fsp3) is 0.600. The van der Waals surface area contributed by atoms with Gasteiger partial charge in [-0.1, -0.05) is 19.1 Å². The summed E-state index contributed by atoms with van der Waals surface area (Å²) in [5.74, 6) is 0. The first-order valence-corrected chi connectivity index (χ1v) is 6.65. The summed E-state index contributed by atoms with van der Waals surface area (Å²) in [6.45, 7) is 8.22. The Morgan fingerprint density at radius 2 is 1.83 bits per heavy atom. The van der Waals surface area contributed by atoms with Gasteiger partial charge in [0.05, 0.1) is 6.61 Å². The van der Waals surface area contributed by atoms with Gasteiger partial charge in [0.1, 0.15) is 0 Å². The van der Waals surface area contributed by atoms with Crippen LogP contribution in [0.15, 0.2) is 24.3 Å². The first kappa shape index (κ1) is 15.0. The zero-order valence-electron chi connectivity index (χ0n) is 12.2. The fourth-order valence-corrected chi connectivity index (χ4v) is 2.03. The van der Waals surface area contributed by atoms with E-state index in [-0.39, 0.29) is 0 Å². The Bertz CT molecular complexity index is 337. The van der Waals surface area contributed by atoms with E-state index < -0.39 is 0 Å². The Balaban J connectivity index is 2.70. The molecule has 3 heteroatoms. The van der Waals surface area contributed by atoms with E-state index in [4.69, 9.17) is 4.74 Å². The van der Waals surface area contributed by atoms with Crippen LogP contribution in [0.25, 0.3) is 0 Å². The van der Waals surface area contributed by atoms with Crippen LogP contribution in [0.4, 0.5) is 5.69 Å². The number of hydrogen-bond donors (Lipinski definition) is 1. The van der Waals surface area contributed by atoms with Crippen molar-refractivity contribution in [3.63, 3.8) is 0 Å². The zero-order valence-corrected chi connectivity index (χ0v) is 12.2. The van der Waals surface area contributed by atoms with Gasteiger partial charge >= 0.3 is 0 Å². The number of benzene rings is 1. The highest BCUT2D eigenvalue weighted by Gasteiger charge is 2.10. The van der Waals surface area contributed by atoms with Crippen molar-refractivity contribution in [3.05, 3.63) is 29.8 Å². The van der Waals surface area contributed by atoms with Crippen molar-refractivity contribution in [2.75, 3.05) is 32.2 Å². The fourth-order valence-electron chi connectivity index (χ4n) is 2.03. The third kappa shape index (κ3) is 4.00. The molecule has 18 heavy (non-hydrogen) atoms. The molecular weight excluding hydrogens is 224 g/mol. The molecule has 3 nitrogen and oxygen atoms in total. The van der Waals surface area contributed by atoms with Gasteiger partial charge in [-0.3, -0.25) is 0 Å². The maximum Gasteiger partial charge on any atom is 0.0663 e. The number of likely N-dealkylation sites (N-methyl/N-ethyl adjacent to an activating group) is 1. The molecule has 1 rings (SSSR count). The zero-order chi connectivity index (χ0) is 13.5. The summed E-state index contributed by atoms with van der Waals surface area (Å²) in [7, 11) is 3.85. The van der Waals surface area contributed by atoms with E-state index in [1.165, 1.54) is 11.3 Å². The smallest absolute Gasteiger partial charge is 0.0663 e. The van der Waals surface area contributed by atoms with Gasteiger partial charge in [0.2, 0.25) is 0 Å². The lowest BCUT2D eigenvalue weighted by molar-refractivity contribution is 0.183. The number of ether oxygens (including phenoxy) is 1. The predicted molar refractivity (Wildman–Crippen MR) is 78.3 cm³/mol. The van der Waals surface area contributed by atoms with Crippen molar-refractivity contribution in [2.24, 2.45) is 0 Å². The van der Waals surface area contributed by atoms with Gasteiger partial charge in [-0.2, -0.15) is 0 Å². The van der Waals surface area contributed by atoms with Gasteiger partial charge < -0.3 is 15.0 Å². The lowest BCUT2D eigenvalue weighted by atomic mass is 10.1. The van der Waals surface area contributed by atoms with Crippen molar-refractivity contribution in [1.82, 2.24) is 5.32 Å². The van der Waals surface area contributed by atoms with Gasteiger partial charge in [-0.25, -0.2) is 0 Å². The first-order chi connectivity index (χ1) is 8.60. The van der Waals surface area contributed by atoms with Gasteiger partial charge in [0, 0.05) is 31.9 Å². The van der Waals surface area contributed by atoms with E-state index in [9.17, 15) is 0 Å². The quantitative estimate of drug-likeness (QED) is 0.805. The molecule has 0 heterocycles. The molecular formula is C15H26N2O. The SMILES string of the molecule is CCNC(C)c1ccc(N(C)C(C)COC)cc1. The number of methoxy groups -OCH3 is 1. The number of rotatable bonds is 7. The molecule has 0 aliphatic rings. The highest BCUT2D eigenvalue weighted by Crippen LogP contribution is 2.19. The summed E-state index contributed by atoms with van der Waals surface area (Å²) < 4.78 is 5.19. The van der Waals surface area contributed by atoms with Gasteiger partial charge in [-0.05, 0) is 38.1 Å². The molecule has 1 aromatic rings. The Kier molecular flexibility index (Phi) is 6.16. The average Bonchev–Trinajstić information content (AvgIpc) is 2.38. The summed E-state index contributed by atoms with van der Waals surface area (Å²) in [4.78, 5) is 2.24. The predicted octanol–water partition coefficient (Wildman–Crippen LogP) is 2.83. The van der Waals surface area contributed by atoms with E-state index in [1.54, 1.807) is 7.11 Å². The molecule has 0 aliphatic carbocycles. The summed E-state index contributed by atoms with van der Waals surface area (Å²) in [5, 5.41) is 3.42. The molecule has 0 aliphatic heterocycles. The Morgan fingerprint density at radius 1 is 1.22 bits per heavy atom. The van der Waals surface area contributed by atoms with Crippen LogP contribution in [0.1, 0.15) is 32.4 Å². The van der Waals surface area contributed by atoms with E-state index in [0.717, 1.165) is 13.2 Å². The van der Waals surface area contributed by atoms with Crippen LogP contribution >= 0.6 is 0 Å². The van der Waals surface area contributed by atoms with Gasteiger partial charge in [-0.15, -0.1) is 0 Å². The third-order valence-corrected chi connectivity index (χ3v) is 3.38. The minimum absolute atomic E-state index is 0.382. The summed E-state index contributed by atoms with van der Waals surface area (Å²) in [6, 6.07) is 9.53. The number of nitrogens with zero attached hydrogens (tertiary/aromatic N) is 1. The lowest BCUT2D eigenvalue weighted by Crippen LogP contribution is -2.32. The Morgan fingerprint density at radius 3 is 2.33 bits per heavy atom. The van der Waals surface area contributed by atoms with Gasteiger partial charge in [0.25, 0.3) is 0 Å². The van der Waals surface area contributed by atoms with Crippen LogP contribution in [0.2, 0.25) is 0 Å². The van der Waals surface area contributed by atoms with Crippen LogP contribution in [0.5, 0.6) is 0 Å². The molecule has 1 N–H and O–H groups in total. The summed E-state index contributed by atoms with van der Waals surface area (Å²) >= 11 is 0. The third-order valence-electron chi connectivity index (χ3n) is 3.38. The van der Waals surface area contributed by atoms with Gasteiger partial charge in [0.15, 0.2) is 0 Å². The first-order valence-electron chi connectivity index (χ1n) is 6.65. The average molecular weight is 250 g/mol. The van der Waals surface area contributed by atoms with Crippen LogP contribution in [0.3, 0.4) is 0 Å². The molecule has 2 unspecified atom stereocenters. The maximum absolute atomic E-state index is 5.19. The molecule has 0 fully saturated rings. The minimum Gasteiger partial charge on any atom is -0.383 e. The molecule has 0 bridgehead atoms. The van der Waals surface area contributed by atoms with Crippen LogP contribution < -0.4 is 10.2 Å². The van der Waals surface area contributed by atoms with E-state index in [1.807, 2.05) is 0 Å². The molecule has 0 saturated heterocycles. The van der Waals surface area contributed by atoms with Crippen molar-refractivity contribution < 1.29 is 4.74 Å². The normalized spacial score (nSPS) is 14.3. The van der Waals surface area contributed by atoms with Crippen molar-refractivity contribution in [3.8, 4) is 0 Å². The largest absolute Gasteiger partial charge is 0.383 e. The van der Waals surface area contributed by atoms with E-state index in [2.05, 4.69) is 62.3 Å². The van der Waals surface area contributed by atoms with Crippen molar-refractivity contribution in [1.29, 1.82) is 0 Å². The van der Waals surface area contributed by atoms with E-state index in [0.29, 0.717) is 12.1 Å². The molecule has 0 spiro atoms. The monoisotopic (exact) mass is 250 g/mol. The topological polar surface area (TPSA) is 24.5 Å². The molecule has 0 saturated carbocycles. The summed E-state index contributed by atoms with van der Waals surface area (Å²) in [5.41, 5.74) is 2.56. The van der Waals surface area contributed by atoms with Crippen molar-refractivity contribution in [2.45, 2.75) is 32.9 Å². The second kappa shape index (κ2) is 7.39. The maximum atomic E-state index is 5.19. The van der Waals surface area contributed by atoms with Crippen molar-refractivity contribution >= 4 is 5.69 Å². The highest BCUT2D eigenvalue weighted by atomic mass is 16.5. The number of hydrogen-bond acceptors (Lipinski definition) is 3. The minimum atomic E-state index is 0.382. The standard InChI is InChI=1S/C15H26N2O/c1-6-16-13(3)14-7-9-15(10-8-14)17(4)12(2)11-18-5/h7-10,12-13,16H,6,11H2,1-5H3. The molecule has 0 radical (unpaired) electrons. The second-order valence-electron chi connectivity index (χ2n) is 4.79. The molecule has 1 aromatic carbocycles. The van der Waals surface area contributed by atoms with E-state index >= 15 is 0 Å². The molecule has 0 amide bonds. The molecule has 2 atom stereocenters.